The number of carboxylic acid groups (broad SMARTS) is 2. The van der Waals surface area contributed by atoms with E-state index in [2.05, 4.69) is 50.3 Å². The predicted octanol–water partition coefficient (Wildman–Crippen LogP) is 3.85. The number of H-pyrrole nitrogens is 2. The molecule has 0 aromatic carbocycles. The maximum Gasteiger partial charge on any atom is 0.321 e. The standard InChI is InChI=1S/C20H14N4.C6H12N2O4S2/c1-2-14-10-16-5-6-18(23-16)12-20-8-7-19(24-20)11-17-4-3-15(22-17)9-13(1)21-14;7-3(5(9)10)1-13-14-2-4(8)6(11)12/h1-12,21-22H;3-4H,1-2,7-8H2,(H,9,10)(H,11,12). The molecule has 0 spiro atoms. The summed E-state index contributed by atoms with van der Waals surface area (Å²) in [6, 6.07) is 14.6. The number of aromatic nitrogens is 4. The van der Waals surface area contributed by atoms with Gasteiger partial charge in [-0.1, -0.05) is 21.6 Å². The van der Waals surface area contributed by atoms with E-state index < -0.39 is 24.0 Å². The van der Waals surface area contributed by atoms with Crippen LogP contribution in [0.5, 0.6) is 0 Å². The summed E-state index contributed by atoms with van der Waals surface area (Å²) in [4.78, 5) is 36.6. The molecule has 0 saturated heterocycles. The summed E-state index contributed by atoms with van der Waals surface area (Å²) in [6.07, 6.45) is 8.05. The molecule has 3 aromatic rings. The molecule has 0 fully saturated rings. The number of fused-ring (bicyclic) bond motifs is 8. The normalized spacial score (nSPS) is 13.4. The molecule has 5 heterocycles. The van der Waals surface area contributed by atoms with Gasteiger partial charge in [-0.05, 0) is 72.8 Å². The van der Waals surface area contributed by atoms with Crippen molar-refractivity contribution in [1.29, 1.82) is 0 Å². The smallest absolute Gasteiger partial charge is 0.321 e. The second-order valence-corrected chi connectivity index (χ2v) is 10.9. The Hall–Kier alpha value is -3.84. The van der Waals surface area contributed by atoms with Crippen LogP contribution in [0.15, 0.2) is 48.5 Å². The number of nitrogens with zero attached hydrogens (tertiary/aromatic N) is 2. The SMILES string of the molecule is C1=Cc2cc3ccc(cc4ccc(cc5nc(cc1n2)C=C5)[nH]4)[nH]3.NC(CSSCC(N)C(=O)O)C(=O)O. The first-order chi connectivity index (χ1) is 18.2. The highest BCUT2D eigenvalue weighted by Crippen LogP contribution is 2.22. The molecule has 0 radical (unpaired) electrons. The number of nitrogens with one attached hydrogen (secondary N) is 2. The summed E-state index contributed by atoms with van der Waals surface area (Å²) in [5.41, 5.74) is 18.3. The van der Waals surface area contributed by atoms with Gasteiger partial charge in [0, 0.05) is 33.6 Å². The first-order valence-corrected chi connectivity index (χ1v) is 14.0. The highest BCUT2D eigenvalue weighted by Gasteiger charge is 2.14. The van der Waals surface area contributed by atoms with Gasteiger partial charge in [0.25, 0.3) is 0 Å². The quantitative estimate of drug-likeness (QED) is 0.128. The van der Waals surface area contributed by atoms with Crippen LogP contribution in [0.1, 0.15) is 22.8 Å². The minimum atomic E-state index is -1.07. The van der Waals surface area contributed by atoms with E-state index in [-0.39, 0.29) is 11.5 Å². The average molecular weight is 551 g/mol. The number of nitrogens with two attached hydrogens (primary N) is 2. The van der Waals surface area contributed by atoms with Crippen LogP contribution in [0.2, 0.25) is 0 Å². The van der Waals surface area contributed by atoms with Crippen molar-refractivity contribution >= 4 is 79.9 Å². The molecular formula is C26H26N6O4S2. The molecule has 0 amide bonds. The summed E-state index contributed by atoms with van der Waals surface area (Å²) in [7, 11) is 2.41. The lowest BCUT2D eigenvalue weighted by Crippen LogP contribution is -2.33. The van der Waals surface area contributed by atoms with Gasteiger partial charge >= 0.3 is 11.9 Å². The number of carboxylic acids is 2. The number of hydrogen-bond acceptors (Lipinski definition) is 8. The van der Waals surface area contributed by atoms with Gasteiger partial charge in [-0.3, -0.25) is 9.59 Å². The monoisotopic (exact) mass is 550 g/mol. The maximum atomic E-state index is 10.3. The van der Waals surface area contributed by atoms with E-state index >= 15 is 0 Å². The summed E-state index contributed by atoms with van der Waals surface area (Å²) in [5, 5.41) is 16.8. The Kier molecular flexibility index (Phi) is 9.02. The first-order valence-electron chi connectivity index (χ1n) is 11.5. The molecule has 5 rings (SSSR count). The summed E-state index contributed by atoms with van der Waals surface area (Å²) in [6.45, 7) is 0. The van der Waals surface area contributed by atoms with Crippen molar-refractivity contribution in [2.75, 3.05) is 11.5 Å². The number of carbonyl (C=O) groups is 2. The van der Waals surface area contributed by atoms with E-state index in [0.717, 1.165) is 44.8 Å². The zero-order valence-corrected chi connectivity index (χ0v) is 21.7. The Balaban J connectivity index is 0.000000208. The van der Waals surface area contributed by atoms with Crippen LogP contribution in [0.4, 0.5) is 0 Å². The Morgan fingerprint density at radius 3 is 1.37 bits per heavy atom. The minimum Gasteiger partial charge on any atom is -0.480 e. The zero-order valence-electron chi connectivity index (χ0n) is 20.1. The highest BCUT2D eigenvalue weighted by atomic mass is 33.1. The third-order valence-corrected chi connectivity index (χ3v) is 7.73. The number of rotatable bonds is 7. The van der Waals surface area contributed by atoms with E-state index in [4.69, 9.17) is 21.7 Å². The van der Waals surface area contributed by atoms with Gasteiger partial charge in [0.05, 0.1) is 22.8 Å². The molecule has 196 valence electrons. The van der Waals surface area contributed by atoms with Gasteiger partial charge in [0.2, 0.25) is 0 Å². The molecule has 38 heavy (non-hydrogen) atoms. The van der Waals surface area contributed by atoms with Crippen molar-refractivity contribution in [3.63, 3.8) is 0 Å². The van der Waals surface area contributed by atoms with E-state index in [1.165, 1.54) is 21.6 Å². The van der Waals surface area contributed by atoms with Crippen molar-refractivity contribution in [3.8, 4) is 0 Å². The molecule has 0 saturated carbocycles. The lowest BCUT2D eigenvalue weighted by Gasteiger charge is -2.07. The van der Waals surface area contributed by atoms with Crippen LogP contribution in [-0.4, -0.2) is 65.7 Å². The van der Waals surface area contributed by atoms with Gasteiger partial charge in [-0.15, -0.1) is 0 Å². The second-order valence-electron chi connectivity index (χ2n) is 8.36. The molecule has 3 aromatic heterocycles. The van der Waals surface area contributed by atoms with E-state index in [9.17, 15) is 9.59 Å². The van der Waals surface area contributed by atoms with Gasteiger partial charge in [-0.2, -0.15) is 0 Å². The lowest BCUT2D eigenvalue weighted by molar-refractivity contribution is -0.138. The van der Waals surface area contributed by atoms with Crippen LogP contribution in [-0.2, 0) is 9.59 Å². The fourth-order valence-electron chi connectivity index (χ4n) is 3.33. The first kappa shape index (κ1) is 27.2. The molecule has 12 heteroatoms. The summed E-state index contributed by atoms with van der Waals surface area (Å²) >= 11 is 0. The average Bonchev–Trinajstić information content (AvgIpc) is 3.68. The van der Waals surface area contributed by atoms with Crippen molar-refractivity contribution in [2.24, 2.45) is 11.5 Å². The molecule has 2 aliphatic rings. The molecule has 2 unspecified atom stereocenters. The Morgan fingerprint density at radius 2 is 1.00 bits per heavy atom. The molecular weight excluding hydrogens is 524 g/mol. The minimum absolute atomic E-state index is 0.229. The topological polar surface area (TPSA) is 184 Å². The van der Waals surface area contributed by atoms with Crippen LogP contribution >= 0.6 is 21.6 Å². The van der Waals surface area contributed by atoms with Gasteiger partial charge in [-0.25, -0.2) is 9.97 Å². The number of aromatic amines is 2. The Morgan fingerprint density at radius 1 is 0.658 bits per heavy atom. The second kappa shape index (κ2) is 12.6. The van der Waals surface area contributed by atoms with E-state index in [1.807, 2.05) is 42.5 Å². The largest absolute Gasteiger partial charge is 0.480 e. The molecule has 2 atom stereocenters. The third-order valence-electron chi connectivity index (χ3n) is 5.25. The Bertz CT molecular complexity index is 1430. The highest BCUT2D eigenvalue weighted by molar-refractivity contribution is 8.76. The molecule has 0 aliphatic carbocycles. The van der Waals surface area contributed by atoms with Crippen LogP contribution < -0.4 is 11.5 Å². The molecule has 8 bridgehead atoms. The summed E-state index contributed by atoms with van der Waals surface area (Å²) < 4.78 is 0. The van der Waals surface area contributed by atoms with Crippen LogP contribution in [0, 0.1) is 0 Å². The van der Waals surface area contributed by atoms with Crippen LogP contribution in [0.25, 0.3) is 46.4 Å². The van der Waals surface area contributed by atoms with Gasteiger partial charge in [0.15, 0.2) is 0 Å². The Labute approximate surface area is 225 Å². The predicted molar refractivity (Wildman–Crippen MR) is 155 cm³/mol. The van der Waals surface area contributed by atoms with Crippen molar-refractivity contribution in [3.05, 3.63) is 71.3 Å². The summed E-state index contributed by atoms with van der Waals surface area (Å²) in [5.74, 6) is -1.68. The number of hydrogen-bond donors (Lipinski definition) is 6. The molecule has 10 nitrogen and oxygen atoms in total. The van der Waals surface area contributed by atoms with E-state index in [1.54, 1.807) is 0 Å². The van der Waals surface area contributed by atoms with Crippen LogP contribution in [0.3, 0.4) is 0 Å². The third kappa shape index (κ3) is 7.83. The number of aliphatic carboxylic acids is 2. The van der Waals surface area contributed by atoms with Gasteiger partial charge < -0.3 is 31.6 Å². The molecule has 8 N–H and O–H groups in total. The molecule has 2 aliphatic heterocycles. The maximum absolute atomic E-state index is 10.3. The zero-order chi connectivity index (χ0) is 27.1. The van der Waals surface area contributed by atoms with Crippen molar-refractivity contribution in [1.82, 2.24) is 19.9 Å². The van der Waals surface area contributed by atoms with E-state index in [0.29, 0.717) is 0 Å². The fourth-order valence-corrected chi connectivity index (χ4v) is 5.56. The lowest BCUT2D eigenvalue weighted by atomic mass is 10.3. The van der Waals surface area contributed by atoms with Gasteiger partial charge in [0.1, 0.15) is 12.1 Å². The van der Waals surface area contributed by atoms with Crippen molar-refractivity contribution < 1.29 is 19.8 Å². The fraction of sp³-hybridized carbons (Fsp3) is 0.154. The van der Waals surface area contributed by atoms with Crippen molar-refractivity contribution in [2.45, 2.75) is 12.1 Å².